The van der Waals surface area contributed by atoms with E-state index in [1.165, 1.54) is 5.56 Å². The Bertz CT molecular complexity index is 1080. The summed E-state index contributed by atoms with van der Waals surface area (Å²) in [6.45, 7) is 2.14. The van der Waals surface area contributed by atoms with Gasteiger partial charge in [0.15, 0.2) is 0 Å². The molecule has 1 aliphatic rings. The molecule has 6 heteroatoms. The summed E-state index contributed by atoms with van der Waals surface area (Å²) in [7, 11) is 0. The summed E-state index contributed by atoms with van der Waals surface area (Å²) in [5.41, 5.74) is 4.47. The van der Waals surface area contributed by atoms with Crippen molar-refractivity contribution in [1.29, 1.82) is 0 Å². The van der Waals surface area contributed by atoms with Crippen LogP contribution in [0.4, 0.5) is 11.4 Å². The number of anilines is 2. The van der Waals surface area contributed by atoms with Crippen LogP contribution in [0, 0.1) is 0 Å². The Labute approximate surface area is 191 Å². The zero-order chi connectivity index (χ0) is 21.8. The summed E-state index contributed by atoms with van der Waals surface area (Å²) < 4.78 is 0. The van der Waals surface area contributed by atoms with E-state index in [1.807, 2.05) is 47.4 Å². The van der Waals surface area contributed by atoms with Gasteiger partial charge in [0.25, 0.3) is 5.91 Å². The number of carbonyl (C=O) groups excluding carboxylic acids is 2. The molecule has 1 N–H and O–H groups in total. The van der Waals surface area contributed by atoms with Gasteiger partial charge < -0.3 is 5.32 Å². The van der Waals surface area contributed by atoms with Crippen LogP contribution in [0.25, 0.3) is 0 Å². The number of thioether (sulfide) groups is 1. The van der Waals surface area contributed by atoms with E-state index in [4.69, 9.17) is 11.6 Å². The summed E-state index contributed by atoms with van der Waals surface area (Å²) in [6.07, 6.45) is 1.96. The lowest BCUT2D eigenvalue weighted by Crippen LogP contribution is -2.28. The van der Waals surface area contributed by atoms with Gasteiger partial charge in [0.2, 0.25) is 5.91 Å². The van der Waals surface area contributed by atoms with Crippen molar-refractivity contribution in [2.24, 2.45) is 0 Å². The lowest BCUT2D eigenvalue weighted by molar-refractivity contribution is -0.115. The van der Waals surface area contributed by atoms with Crippen LogP contribution < -0.4 is 10.2 Å². The van der Waals surface area contributed by atoms with Crippen LogP contribution in [-0.4, -0.2) is 17.6 Å². The zero-order valence-electron chi connectivity index (χ0n) is 17.2. The van der Waals surface area contributed by atoms with Gasteiger partial charge in [0, 0.05) is 22.0 Å². The number of benzene rings is 3. The number of hydrogen-bond acceptors (Lipinski definition) is 3. The molecule has 0 aromatic heterocycles. The molecular weight excluding hydrogens is 428 g/mol. The summed E-state index contributed by atoms with van der Waals surface area (Å²) in [6, 6.07) is 22.6. The first-order valence-electron chi connectivity index (χ1n) is 10.2. The van der Waals surface area contributed by atoms with Crippen molar-refractivity contribution < 1.29 is 9.59 Å². The molecule has 0 bridgehead atoms. The summed E-state index contributed by atoms with van der Waals surface area (Å²) >= 11 is 7.52. The minimum absolute atomic E-state index is 0.0773. The van der Waals surface area contributed by atoms with Crippen LogP contribution in [0.3, 0.4) is 0 Å². The van der Waals surface area contributed by atoms with Gasteiger partial charge >= 0.3 is 0 Å². The zero-order valence-corrected chi connectivity index (χ0v) is 18.7. The molecule has 1 fully saturated rings. The number of rotatable bonds is 6. The molecule has 0 spiro atoms. The fraction of sp³-hybridized carbons (Fsp3) is 0.200. The quantitative estimate of drug-likeness (QED) is 0.477. The van der Waals surface area contributed by atoms with E-state index >= 15 is 0 Å². The number of nitrogens with one attached hydrogen (secondary N) is 1. The Morgan fingerprint density at radius 2 is 1.77 bits per heavy atom. The van der Waals surface area contributed by atoms with E-state index in [0.717, 1.165) is 24.1 Å². The first kappa shape index (κ1) is 21.5. The maximum absolute atomic E-state index is 12.7. The number of carbonyl (C=O) groups is 2. The molecule has 0 aliphatic carbocycles. The van der Waals surface area contributed by atoms with Crippen LogP contribution >= 0.6 is 23.4 Å². The molecule has 4 rings (SSSR count). The average Bonchev–Trinajstić information content (AvgIpc) is 3.16. The molecule has 3 aromatic rings. The van der Waals surface area contributed by atoms with Crippen LogP contribution in [-0.2, 0) is 11.2 Å². The fourth-order valence-electron chi connectivity index (χ4n) is 3.69. The molecule has 2 amide bonds. The first-order valence-corrected chi connectivity index (χ1v) is 11.7. The lowest BCUT2D eigenvalue weighted by atomic mass is 10.1. The molecule has 1 atom stereocenters. The molecule has 1 unspecified atom stereocenters. The second kappa shape index (κ2) is 9.58. The minimum atomic E-state index is -0.190. The van der Waals surface area contributed by atoms with Gasteiger partial charge in [0.05, 0.1) is 5.75 Å². The van der Waals surface area contributed by atoms with Crippen molar-refractivity contribution in [1.82, 2.24) is 0 Å². The van der Waals surface area contributed by atoms with Crippen molar-refractivity contribution in [3.63, 3.8) is 0 Å². The predicted molar refractivity (Wildman–Crippen MR) is 129 cm³/mol. The highest BCUT2D eigenvalue weighted by Gasteiger charge is 2.34. The molecule has 1 heterocycles. The van der Waals surface area contributed by atoms with E-state index in [-0.39, 0.29) is 17.2 Å². The van der Waals surface area contributed by atoms with Crippen molar-refractivity contribution in [2.75, 3.05) is 16.0 Å². The first-order chi connectivity index (χ1) is 15.1. The van der Waals surface area contributed by atoms with Crippen LogP contribution in [0.1, 0.15) is 40.2 Å². The third-order valence-electron chi connectivity index (χ3n) is 5.20. The van der Waals surface area contributed by atoms with Gasteiger partial charge in [-0.3, -0.25) is 14.5 Å². The Kier molecular flexibility index (Phi) is 6.64. The smallest absolute Gasteiger partial charge is 0.255 e. The Morgan fingerprint density at radius 3 is 2.48 bits per heavy atom. The third-order valence-corrected chi connectivity index (χ3v) is 6.66. The highest BCUT2D eigenvalue weighted by molar-refractivity contribution is 8.00. The average molecular weight is 451 g/mol. The number of halogens is 1. The van der Waals surface area contributed by atoms with E-state index in [1.54, 1.807) is 36.0 Å². The van der Waals surface area contributed by atoms with Crippen LogP contribution in [0.5, 0.6) is 0 Å². The molecule has 3 aromatic carbocycles. The van der Waals surface area contributed by atoms with Gasteiger partial charge in [-0.1, -0.05) is 55.3 Å². The minimum Gasteiger partial charge on any atom is -0.322 e. The number of aryl methyl sites for hydroxylation is 1. The molecule has 1 aliphatic heterocycles. The normalized spacial score (nSPS) is 15.9. The van der Waals surface area contributed by atoms with E-state index in [0.29, 0.717) is 22.0 Å². The molecule has 158 valence electrons. The lowest BCUT2D eigenvalue weighted by Gasteiger charge is -2.26. The van der Waals surface area contributed by atoms with Crippen molar-refractivity contribution in [2.45, 2.75) is 25.1 Å². The largest absolute Gasteiger partial charge is 0.322 e. The monoisotopic (exact) mass is 450 g/mol. The third kappa shape index (κ3) is 4.78. The number of para-hydroxylation sites is 1. The maximum atomic E-state index is 12.7. The van der Waals surface area contributed by atoms with Gasteiger partial charge in [-0.05, 0) is 60.0 Å². The Hall–Kier alpha value is -2.76. The van der Waals surface area contributed by atoms with Gasteiger partial charge in [-0.2, -0.15) is 0 Å². The summed E-state index contributed by atoms with van der Waals surface area (Å²) in [5.74, 6) is 0.392. The second-order valence-corrected chi connectivity index (χ2v) is 8.89. The highest BCUT2D eigenvalue weighted by atomic mass is 35.5. The van der Waals surface area contributed by atoms with Gasteiger partial charge in [-0.15, -0.1) is 11.8 Å². The summed E-state index contributed by atoms with van der Waals surface area (Å²) in [5, 5.41) is 3.42. The standard InChI is InChI=1S/C25H23ClN2O2S/c1-2-5-17-6-3-4-7-22(17)28-23(29)16-31-25(28)19-10-14-21(15-11-19)27-24(30)18-8-12-20(26)13-9-18/h3-4,6-15,25H,2,5,16H2,1H3,(H,27,30). The van der Waals surface area contributed by atoms with Gasteiger partial charge in [0.1, 0.15) is 5.37 Å². The molecule has 0 radical (unpaired) electrons. The Balaban J connectivity index is 1.53. The molecular formula is C25H23ClN2O2S. The topological polar surface area (TPSA) is 49.4 Å². The number of amides is 2. The molecule has 1 saturated heterocycles. The van der Waals surface area contributed by atoms with Crippen molar-refractivity contribution in [3.05, 3.63) is 94.5 Å². The SMILES string of the molecule is CCCc1ccccc1N1C(=O)CSC1c1ccc(NC(=O)c2ccc(Cl)cc2)cc1. The van der Waals surface area contributed by atoms with Crippen molar-refractivity contribution in [3.8, 4) is 0 Å². The number of nitrogens with zero attached hydrogens (tertiary/aromatic N) is 1. The van der Waals surface area contributed by atoms with E-state index in [2.05, 4.69) is 18.3 Å². The molecule has 0 saturated carbocycles. The van der Waals surface area contributed by atoms with E-state index < -0.39 is 0 Å². The summed E-state index contributed by atoms with van der Waals surface area (Å²) in [4.78, 5) is 27.1. The van der Waals surface area contributed by atoms with E-state index in [9.17, 15) is 9.59 Å². The van der Waals surface area contributed by atoms with Crippen molar-refractivity contribution >= 4 is 46.6 Å². The molecule has 4 nitrogen and oxygen atoms in total. The maximum Gasteiger partial charge on any atom is 0.255 e. The number of hydrogen-bond donors (Lipinski definition) is 1. The van der Waals surface area contributed by atoms with Crippen LogP contribution in [0.15, 0.2) is 72.8 Å². The molecule has 31 heavy (non-hydrogen) atoms. The highest BCUT2D eigenvalue weighted by Crippen LogP contribution is 2.43. The van der Waals surface area contributed by atoms with Gasteiger partial charge in [-0.25, -0.2) is 0 Å². The van der Waals surface area contributed by atoms with Crippen LogP contribution in [0.2, 0.25) is 5.02 Å². The second-order valence-electron chi connectivity index (χ2n) is 7.39. The predicted octanol–water partition coefficient (Wildman–Crippen LogP) is 6.32. The Morgan fingerprint density at radius 1 is 1.06 bits per heavy atom. The fourth-order valence-corrected chi connectivity index (χ4v) is 4.99.